The molecule has 0 heterocycles. The van der Waals surface area contributed by atoms with Crippen LogP contribution in [0.3, 0.4) is 0 Å². The van der Waals surface area contributed by atoms with E-state index >= 15 is 0 Å². The van der Waals surface area contributed by atoms with Gasteiger partial charge in [0.25, 0.3) is 11.6 Å². The molecule has 1 amide bonds. The molecule has 0 aliphatic heterocycles. The molecule has 118 valence electrons. The van der Waals surface area contributed by atoms with Crippen LogP contribution in [0.2, 0.25) is 0 Å². The first-order chi connectivity index (χ1) is 11.0. The normalized spacial score (nSPS) is 10.5. The van der Waals surface area contributed by atoms with Crippen LogP contribution in [0.15, 0.2) is 47.6 Å². The van der Waals surface area contributed by atoms with E-state index in [9.17, 15) is 14.9 Å². The number of nitrogens with zero attached hydrogens (tertiary/aromatic N) is 2. The van der Waals surface area contributed by atoms with E-state index in [2.05, 4.69) is 10.5 Å². The topological polar surface area (TPSA) is 93.8 Å². The fraction of sp³-hybridized carbons (Fsp3) is 0.125. The Labute approximate surface area is 132 Å². The van der Waals surface area contributed by atoms with Crippen LogP contribution in [0.1, 0.15) is 21.5 Å². The lowest BCUT2D eigenvalue weighted by Gasteiger charge is -2.02. The zero-order valence-corrected chi connectivity index (χ0v) is 12.6. The van der Waals surface area contributed by atoms with Crippen molar-refractivity contribution in [3.8, 4) is 5.75 Å². The third kappa shape index (κ3) is 4.13. The van der Waals surface area contributed by atoms with Gasteiger partial charge in [-0.2, -0.15) is 5.10 Å². The molecule has 0 aliphatic carbocycles. The van der Waals surface area contributed by atoms with Crippen LogP contribution in [0.4, 0.5) is 5.69 Å². The van der Waals surface area contributed by atoms with Crippen molar-refractivity contribution in [2.45, 2.75) is 6.92 Å². The molecule has 0 radical (unpaired) electrons. The van der Waals surface area contributed by atoms with Gasteiger partial charge in [-0.05, 0) is 31.2 Å². The smallest absolute Gasteiger partial charge is 0.272 e. The number of methoxy groups -OCH3 is 1. The van der Waals surface area contributed by atoms with Crippen LogP contribution in [-0.2, 0) is 0 Å². The molecule has 7 heteroatoms. The first kappa shape index (κ1) is 16.2. The van der Waals surface area contributed by atoms with Gasteiger partial charge in [-0.25, -0.2) is 5.43 Å². The lowest BCUT2D eigenvalue weighted by Crippen LogP contribution is -2.17. The molecule has 2 aromatic carbocycles. The van der Waals surface area contributed by atoms with E-state index in [1.807, 2.05) is 0 Å². The number of hydrazone groups is 1. The molecule has 2 aromatic rings. The zero-order valence-electron chi connectivity index (χ0n) is 12.6. The molecule has 0 atom stereocenters. The second kappa shape index (κ2) is 7.17. The lowest BCUT2D eigenvalue weighted by atomic mass is 10.1. The van der Waals surface area contributed by atoms with E-state index in [0.29, 0.717) is 22.4 Å². The standard InChI is InChI=1S/C16H15N3O4/c1-11-3-4-12(9-15(11)19(21)22)10-17-18-16(20)13-5-7-14(23-2)8-6-13/h3-10H,1-2H3,(H,18,20). The Morgan fingerprint density at radius 1 is 1.26 bits per heavy atom. The molecule has 0 bridgehead atoms. The number of rotatable bonds is 5. The number of hydrogen-bond donors (Lipinski definition) is 1. The third-order valence-electron chi connectivity index (χ3n) is 3.16. The van der Waals surface area contributed by atoms with E-state index in [1.165, 1.54) is 12.3 Å². The summed E-state index contributed by atoms with van der Waals surface area (Å²) in [6.45, 7) is 1.66. The monoisotopic (exact) mass is 313 g/mol. The maximum atomic E-state index is 11.9. The van der Waals surface area contributed by atoms with Crippen molar-refractivity contribution in [1.82, 2.24) is 5.43 Å². The molecule has 0 unspecified atom stereocenters. The predicted octanol–water partition coefficient (Wildman–Crippen LogP) is 2.68. The van der Waals surface area contributed by atoms with E-state index in [0.717, 1.165) is 0 Å². The molecule has 1 N–H and O–H groups in total. The second-order valence-electron chi connectivity index (χ2n) is 4.73. The minimum Gasteiger partial charge on any atom is -0.497 e. The van der Waals surface area contributed by atoms with Gasteiger partial charge in [0.15, 0.2) is 0 Å². The largest absolute Gasteiger partial charge is 0.497 e. The summed E-state index contributed by atoms with van der Waals surface area (Å²) in [5.41, 5.74) is 3.90. The number of hydrogen-bond acceptors (Lipinski definition) is 5. The highest BCUT2D eigenvalue weighted by Gasteiger charge is 2.10. The van der Waals surface area contributed by atoms with Crippen molar-refractivity contribution in [3.05, 3.63) is 69.3 Å². The highest BCUT2D eigenvalue weighted by molar-refractivity contribution is 5.95. The molecule has 0 saturated carbocycles. The fourth-order valence-electron chi connectivity index (χ4n) is 1.88. The molecule has 0 fully saturated rings. The Morgan fingerprint density at radius 3 is 2.57 bits per heavy atom. The van der Waals surface area contributed by atoms with E-state index in [-0.39, 0.29) is 11.6 Å². The quantitative estimate of drug-likeness (QED) is 0.521. The molecular formula is C16H15N3O4. The van der Waals surface area contributed by atoms with Gasteiger partial charge >= 0.3 is 0 Å². The summed E-state index contributed by atoms with van der Waals surface area (Å²) < 4.78 is 5.01. The maximum Gasteiger partial charge on any atom is 0.272 e. The SMILES string of the molecule is COc1ccc(C(=O)NN=Cc2ccc(C)c([N+](=O)[O-])c2)cc1. The van der Waals surface area contributed by atoms with Crippen molar-refractivity contribution >= 4 is 17.8 Å². The summed E-state index contributed by atoms with van der Waals surface area (Å²) >= 11 is 0. The van der Waals surface area contributed by atoms with Gasteiger partial charge in [-0.15, -0.1) is 0 Å². The van der Waals surface area contributed by atoms with Gasteiger partial charge in [-0.3, -0.25) is 14.9 Å². The molecule has 7 nitrogen and oxygen atoms in total. The Balaban J connectivity index is 2.04. The van der Waals surface area contributed by atoms with Crippen molar-refractivity contribution < 1.29 is 14.5 Å². The first-order valence-corrected chi connectivity index (χ1v) is 6.74. The number of amides is 1. The Bertz CT molecular complexity index is 754. The fourth-order valence-corrected chi connectivity index (χ4v) is 1.88. The summed E-state index contributed by atoms with van der Waals surface area (Å²) in [6.07, 6.45) is 1.36. The average molecular weight is 313 g/mol. The van der Waals surface area contributed by atoms with Crippen molar-refractivity contribution in [2.75, 3.05) is 7.11 Å². The van der Waals surface area contributed by atoms with Crippen molar-refractivity contribution in [2.24, 2.45) is 5.10 Å². The number of aryl methyl sites for hydroxylation is 1. The van der Waals surface area contributed by atoms with Crippen LogP contribution in [0.25, 0.3) is 0 Å². The number of ether oxygens (including phenoxy) is 1. The number of carbonyl (C=O) groups is 1. The molecule has 0 aromatic heterocycles. The second-order valence-corrected chi connectivity index (χ2v) is 4.73. The Hall–Kier alpha value is -3.22. The Morgan fingerprint density at radius 2 is 1.96 bits per heavy atom. The summed E-state index contributed by atoms with van der Waals surface area (Å²) in [5.74, 6) is 0.266. The number of nitro benzene ring substituents is 1. The summed E-state index contributed by atoms with van der Waals surface area (Å²) in [5, 5.41) is 14.7. The average Bonchev–Trinajstić information content (AvgIpc) is 2.56. The highest BCUT2D eigenvalue weighted by Crippen LogP contribution is 2.18. The van der Waals surface area contributed by atoms with Crippen molar-refractivity contribution in [3.63, 3.8) is 0 Å². The number of carbonyl (C=O) groups excluding carboxylic acids is 1. The van der Waals surface area contributed by atoms with E-state index in [1.54, 1.807) is 50.4 Å². The molecular weight excluding hydrogens is 298 g/mol. The van der Waals surface area contributed by atoms with Crippen LogP contribution in [0, 0.1) is 17.0 Å². The van der Waals surface area contributed by atoms with Gasteiger partial charge in [0.2, 0.25) is 0 Å². The minimum atomic E-state index is -0.456. The zero-order chi connectivity index (χ0) is 16.8. The Kier molecular flexibility index (Phi) is 5.03. The molecule has 0 spiro atoms. The van der Waals surface area contributed by atoms with Gasteiger partial charge < -0.3 is 4.74 Å². The number of nitrogens with one attached hydrogen (secondary N) is 1. The summed E-state index contributed by atoms with van der Waals surface area (Å²) in [6, 6.07) is 11.3. The van der Waals surface area contributed by atoms with Gasteiger partial charge in [0, 0.05) is 22.8 Å². The van der Waals surface area contributed by atoms with Crippen LogP contribution >= 0.6 is 0 Å². The molecule has 23 heavy (non-hydrogen) atoms. The highest BCUT2D eigenvalue weighted by atomic mass is 16.6. The minimum absolute atomic E-state index is 0.00966. The van der Waals surface area contributed by atoms with Crippen LogP contribution in [-0.4, -0.2) is 24.2 Å². The third-order valence-corrected chi connectivity index (χ3v) is 3.16. The molecule has 0 aliphatic rings. The maximum absolute atomic E-state index is 11.9. The van der Waals surface area contributed by atoms with Crippen LogP contribution < -0.4 is 10.2 Å². The molecule has 2 rings (SSSR count). The number of nitro groups is 1. The van der Waals surface area contributed by atoms with Gasteiger partial charge in [0.05, 0.1) is 18.2 Å². The number of benzene rings is 2. The lowest BCUT2D eigenvalue weighted by molar-refractivity contribution is -0.385. The van der Waals surface area contributed by atoms with Crippen molar-refractivity contribution in [1.29, 1.82) is 0 Å². The predicted molar refractivity (Wildman–Crippen MR) is 85.9 cm³/mol. The summed E-state index contributed by atoms with van der Waals surface area (Å²) in [4.78, 5) is 22.3. The van der Waals surface area contributed by atoms with E-state index < -0.39 is 4.92 Å². The first-order valence-electron chi connectivity index (χ1n) is 6.74. The van der Waals surface area contributed by atoms with Crippen LogP contribution in [0.5, 0.6) is 5.75 Å². The van der Waals surface area contributed by atoms with Gasteiger partial charge in [0.1, 0.15) is 5.75 Å². The molecule has 0 saturated heterocycles. The van der Waals surface area contributed by atoms with Gasteiger partial charge in [-0.1, -0.05) is 12.1 Å². The van der Waals surface area contributed by atoms with E-state index in [4.69, 9.17) is 4.74 Å². The summed E-state index contributed by atoms with van der Waals surface area (Å²) in [7, 11) is 1.54.